The Hall–Kier alpha value is -3.66. The molecule has 28 heavy (non-hydrogen) atoms. The summed E-state index contributed by atoms with van der Waals surface area (Å²) >= 11 is 1.06. The molecule has 0 aromatic heterocycles. The highest BCUT2D eigenvalue weighted by atomic mass is 32.2. The van der Waals surface area contributed by atoms with E-state index < -0.39 is 16.8 Å². The molecule has 0 saturated heterocycles. The topological polar surface area (TPSA) is 134 Å². The summed E-state index contributed by atoms with van der Waals surface area (Å²) in [7, 11) is 1.41. The third-order valence-corrected chi connectivity index (χ3v) is 4.45. The van der Waals surface area contributed by atoms with Crippen LogP contribution in [0.5, 0.6) is 11.5 Å². The number of non-ortho nitro benzene ring substituents is 1. The summed E-state index contributed by atoms with van der Waals surface area (Å²) in [6.45, 7) is 0. The maximum atomic E-state index is 12.3. The first kappa shape index (κ1) is 19.1. The second-order valence-electron chi connectivity index (χ2n) is 5.47. The minimum absolute atomic E-state index is 0.129. The van der Waals surface area contributed by atoms with Gasteiger partial charge in [-0.2, -0.15) is 4.99 Å². The molecule has 0 aliphatic carbocycles. The van der Waals surface area contributed by atoms with Gasteiger partial charge >= 0.3 is 5.97 Å². The molecular formula is C18H13N3O6S. The van der Waals surface area contributed by atoms with Gasteiger partial charge in [0.1, 0.15) is 0 Å². The molecule has 1 amide bonds. The highest BCUT2D eigenvalue weighted by Crippen LogP contribution is 2.32. The molecule has 2 aromatic carbocycles. The number of esters is 1. The molecule has 2 N–H and O–H groups in total. The summed E-state index contributed by atoms with van der Waals surface area (Å²) in [6.07, 6.45) is 1.60. The Morgan fingerprint density at radius 3 is 2.50 bits per heavy atom. The lowest BCUT2D eigenvalue weighted by Gasteiger charge is -2.10. The number of carbonyl (C=O) groups excluding carboxylic acids is 2. The number of amidine groups is 1. The van der Waals surface area contributed by atoms with Crippen molar-refractivity contribution < 1.29 is 24.0 Å². The molecule has 9 nitrogen and oxygen atoms in total. The molecule has 2 aromatic rings. The van der Waals surface area contributed by atoms with E-state index in [1.807, 2.05) is 0 Å². The molecular weight excluding hydrogens is 386 g/mol. The zero-order chi connectivity index (χ0) is 20.3. The van der Waals surface area contributed by atoms with Gasteiger partial charge in [-0.3, -0.25) is 14.9 Å². The predicted molar refractivity (Wildman–Crippen MR) is 103 cm³/mol. The quantitative estimate of drug-likeness (QED) is 0.267. The number of carbonyl (C=O) groups is 2. The number of nitrogens with zero attached hydrogens (tertiary/aromatic N) is 2. The number of hydrogen-bond acceptors (Lipinski definition) is 8. The Bertz CT molecular complexity index is 1030. The molecule has 0 spiro atoms. The Balaban J connectivity index is 1.79. The van der Waals surface area contributed by atoms with E-state index in [4.69, 9.17) is 15.2 Å². The van der Waals surface area contributed by atoms with Gasteiger partial charge in [0.2, 0.25) is 0 Å². The first-order chi connectivity index (χ1) is 13.4. The largest absolute Gasteiger partial charge is 0.493 e. The van der Waals surface area contributed by atoms with E-state index in [0.29, 0.717) is 10.5 Å². The first-order valence-corrected chi connectivity index (χ1v) is 8.62. The average Bonchev–Trinajstić information content (AvgIpc) is 2.99. The van der Waals surface area contributed by atoms with Crippen LogP contribution in [0.1, 0.15) is 15.9 Å². The third-order valence-electron chi connectivity index (χ3n) is 3.64. The zero-order valence-corrected chi connectivity index (χ0v) is 15.3. The minimum atomic E-state index is -0.693. The van der Waals surface area contributed by atoms with Crippen LogP contribution in [0, 0.1) is 10.1 Å². The van der Waals surface area contributed by atoms with E-state index in [1.54, 1.807) is 18.2 Å². The van der Waals surface area contributed by atoms with Gasteiger partial charge in [-0.1, -0.05) is 6.07 Å². The summed E-state index contributed by atoms with van der Waals surface area (Å²) < 4.78 is 10.6. The number of nitrogens with two attached hydrogens (primary N) is 1. The molecule has 0 atom stereocenters. The lowest BCUT2D eigenvalue weighted by atomic mass is 10.1. The first-order valence-electron chi connectivity index (χ1n) is 7.80. The molecule has 1 heterocycles. The van der Waals surface area contributed by atoms with Crippen molar-refractivity contribution in [1.82, 2.24) is 0 Å². The minimum Gasteiger partial charge on any atom is -0.493 e. The van der Waals surface area contributed by atoms with Gasteiger partial charge in [-0.05, 0) is 47.7 Å². The van der Waals surface area contributed by atoms with Gasteiger partial charge in [0.15, 0.2) is 16.7 Å². The van der Waals surface area contributed by atoms with E-state index in [9.17, 15) is 19.7 Å². The predicted octanol–water partition coefficient (Wildman–Crippen LogP) is 2.75. The molecule has 0 bridgehead atoms. The highest BCUT2D eigenvalue weighted by Gasteiger charge is 2.20. The van der Waals surface area contributed by atoms with E-state index in [2.05, 4.69) is 4.99 Å². The monoisotopic (exact) mass is 399 g/mol. The SMILES string of the molecule is COc1cc(C=C2SC(N)=NC2=O)ccc1OC(=O)c1ccc([N+](=O)[O-])cc1. The Labute approximate surface area is 163 Å². The number of nitro benzene ring substituents is 1. The van der Waals surface area contributed by atoms with Gasteiger partial charge in [0.05, 0.1) is 22.5 Å². The van der Waals surface area contributed by atoms with Crippen molar-refractivity contribution >= 4 is 40.6 Å². The Morgan fingerprint density at radius 2 is 1.93 bits per heavy atom. The number of methoxy groups -OCH3 is 1. The Morgan fingerprint density at radius 1 is 1.21 bits per heavy atom. The number of ether oxygens (including phenoxy) is 2. The fraction of sp³-hybridized carbons (Fsp3) is 0.0556. The summed E-state index contributed by atoms with van der Waals surface area (Å²) in [5.41, 5.74) is 6.17. The van der Waals surface area contributed by atoms with Gasteiger partial charge in [-0.15, -0.1) is 0 Å². The number of nitro groups is 1. The summed E-state index contributed by atoms with van der Waals surface area (Å²) in [4.78, 5) is 38.1. The summed E-state index contributed by atoms with van der Waals surface area (Å²) in [6, 6.07) is 9.78. The normalized spacial score (nSPS) is 14.7. The smallest absolute Gasteiger partial charge is 0.343 e. The molecule has 3 rings (SSSR count). The van der Waals surface area contributed by atoms with E-state index in [-0.39, 0.29) is 27.9 Å². The number of benzene rings is 2. The number of hydrogen-bond donors (Lipinski definition) is 1. The van der Waals surface area contributed by atoms with Crippen molar-refractivity contribution in [3.63, 3.8) is 0 Å². The van der Waals surface area contributed by atoms with Crippen LogP contribution in [0.15, 0.2) is 52.4 Å². The van der Waals surface area contributed by atoms with E-state index in [1.165, 1.54) is 37.4 Å². The van der Waals surface area contributed by atoms with Gasteiger partial charge in [-0.25, -0.2) is 4.79 Å². The molecule has 0 saturated carbocycles. The van der Waals surface area contributed by atoms with Gasteiger partial charge in [0, 0.05) is 12.1 Å². The average molecular weight is 399 g/mol. The zero-order valence-electron chi connectivity index (χ0n) is 14.4. The fourth-order valence-electron chi connectivity index (χ4n) is 2.31. The molecule has 10 heteroatoms. The lowest BCUT2D eigenvalue weighted by Crippen LogP contribution is -2.09. The molecule has 0 radical (unpaired) electrons. The van der Waals surface area contributed by atoms with Crippen molar-refractivity contribution in [3.8, 4) is 11.5 Å². The second kappa shape index (κ2) is 7.92. The van der Waals surface area contributed by atoms with Crippen LogP contribution >= 0.6 is 11.8 Å². The molecule has 0 unspecified atom stereocenters. The molecule has 1 aliphatic heterocycles. The number of amides is 1. The highest BCUT2D eigenvalue weighted by molar-refractivity contribution is 8.18. The maximum Gasteiger partial charge on any atom is 0.343 e. The van der Waals surface area contributed by atoms with Gasteiger partial charge < -0.3 is 15.2 Å². The number of rotatable bonds is 5. The second-order valence-corrected chi connectivity index (χ2v) is 6.53. The fourth-order valence-corrected chi connectivity index (χ4v) is 3.00. The third kappa shape index (κ3) is 4.18. The number of aliphatic imine (C=N–C) groups is 1. The van der Waals surface area contributed by atoms with Crippen molar-refractivity contribution in [2.75, 3.05) is 7.11 Å². The number of thioether (sulfide) groups is 1. The van der Waals surface area contributed by atoms with E-state index in [0.717, 1.165) is 11.8 Å². The summed E-state index contributed by atoms with van der Waals surface area (Å²) in [5.74, 6) is -0.680. The standard InChI is InChI=1S/C18H13N3O6S/c1-26-14-8-10(9-15-16(22)20-18(19)28-15)2-7-13(14)27-17(23)11-3-5-12(6-4-11)21(24)25/h2-9H,1H3,(H2,19,20,22). The van der Waals surface area contributed by atoms with Crippen molar-refractivity contribution in [2.45, 2.75) is 0 Å². The van der Waals surface area contributed by atoms with Gasteiger partial charge in [0.25, 0.3) is 11.6 Å². The lowest BCUT2D eigenvalue weighted by molar-refractivity contribution is -0.384. The van der Waals surface area contributed by atoms with Crippen LogP contribution < -0.4 is 15.2 Å². The van der Waals surface area contributed by atoms with Crippen LogP contribution in [-0.4, -0.2) is 29.1 Å². The molecule has 142 valence electrons. The van der Waals surface area contributed by atoms with Crippen LogP contribution in [0.25, 0.3) is 6.08 Å². The van der Waals surface area contributed by atoms with Crippen LogP contribution in [0.2, 0.25) is 0 Å². The van der Waals surface area contributed by atoms with Crippen molar-refractivity contribution in [3.05, 3.63) is 68.6 Å². The van der Waals surface area contributed by atoms with Crippen LogP contribution in [0.4, 0.5) is 5.69 Å². The van der Waals surface area contributed by atoms with Crippen LogP contribution in [0.3, 0.4) is 0 Å². The van der Waals surface area contributed by atoms with Crippen molar-refractivity contribution in [2.24, 2.45) is 10.7 Å². The van der Waals surface area contributed by atoms with Crippen LogP contribution in [-0.2, 0) is 4.79 Å². The Kier molecular flexibility index (Phi) is 5.41. The molecule has 1 aliphatic rings. The molecule has 0 fully saturated rings. The van der Waals surface area contributed by atoms with E-state index >= 15 is 0 Å². The summed E-state index contributed by atoms with van der Waals surface area (Å²) in [5, 5.41) is 10.9. The maximum absolute atomic E-state index is 12.3. The van der Waals surface area contributed by atoms with Crippen molar-refractivity contribution in [1.29, 1.82) is 0 Å².